The number of aliphatic hydroxyl groups excluding tert-OH is 1. The summed E-state index contributed by atoms with van der Waals surface area (Å²) in [5, 5.41) is 9.97. The van der Waals surface area contributed by atoms with Crippen LogP contribution in [0.15, 0.2) is 30.3 Å². The van der Waals surface area contributed by atoms with Crippen LogP contribution < -0.4 is 0 Å². The van der Waals surface area contributed by atoms with Crippen LogP contribution in [0, 0.1) is 5.92 Å². The van der Waals surface area contributed by atoms with E-state index in [1.54, 1.807) is 19.1 Å². The molecule has 1 rings (SSSR count). The van der Waals surface area contributed by atoms with Gasteiger partial charge in [0.05, 0.1) is 6.10 Å². The van der Waals surface area contributed by atoms with Crippen LogP contribution in [0.2, 0.25) is 0 Å². The minimum atomic E-state index is -4.29. The number of ether oxygens (including phenoxy) is 1. The number of alkyl halides is 3. The molecule has 2 atom stereocenters. The van der Waals surface area contributed by atoms with Crippen molar-refractivity contribution in [2.24, 2.45) is 5.92 Å². The Balaban J connectivity index is 2.31. The molecule has 1 N–H and O–H groups in total. The number of rotatable bonds is 6. The Labute approximate surface area is 104 Å². The molecule has 102 valence electrons. The minimum Gasteiger partial charge on any atom is -0.388 e. The standard InChI is InChI=1S/C13H17F3O2/c1-10(7-8-18-9-13(14,15)16)12(17)11-5-3-2-4-6-11/h2-6,10,12,17H,7-9H2,1H3. The van der Waals surface area contributed by atoms with Crippen LogP contribution in [0.5, 0.6) is 0 Å². The van der Waals surface area contributed by atoms with Crippen LogP contribution >= 0.6 is 0 Å². The molecule has 1 aromatic rings. The third-order valence-electron chi connectivity index (χ3n) is 2.66. The first kappa shape index (κ1) is 15.0. The van der Waals surface area contributed by atoms with Gasteiger partial charge in [0.25, 0.3) is 0 Å². The lowest BCUT2D eigenvalue weighted by atomic mass is 9.95. The van der Waals surface area contributed by atoms with Gasteiger partial charge in [0.15, 0.2) is 0 Å². The van der Waals surface area contributed by atoms with Gasteiger partial charge in [-0.2, -0.15) is 13.2 Å². The molecule has 0 aromatic heterocycles. The molecule has 18 heavy (non-hydrogen) atoms. The zero-order valence-electron chi connectivity index (χ0n) is 10.2. The van der Waals surface area contributed by atoms with Crippen LogP contribution in [0.1, 0.15) is 25.0 Å². The molecule has 0 spiro atoms. The lowest BCUT2D eigenvalue weighted by molar-refractivity contribution is -0.174. The first-order chi connectivity index (χ1) is 8.40. The summed E-state index contributed by atoms with van der Waals surface area (Å²) < 4.78 is 40.0. The van der Waals surface area contributed by atoms with E-state index >= 15 is 0 Å². The molecule has 0 saturated carbocycles. The maximum atomic E-state index is 11.8. The topological polar surface area (TPSA) is 29.5 Å². The second-order valence-corrected chi connectivity index (χ2v) is 4.29. The highest BCUT2D eigenvalue weighted by molar-refractivity contribution is 5.17. The zero-order chi connectivity index (χ0) is 13.6. The fraction of sp³-hybridized carbons (Fsp3) is 0.538. The molecule has 0 saturated heterocycles. The molecule has 0 amide bonds. The average Bonchev–Trinajstić information content (AvgIpc) is 2.33. The SMILES string of the molecule is CC(CCOCC(F)(F)F)C(O)c1ccccc1. The second-order valence-electron chi connectivity index (χ2n) is 4.29. The first-order valence-electron chi connectivity index (χ1n) is 5.77. The molecule has 2 unspecified atom stereocenters. The molecular weight excluding hydrogens is 245 g/mol. The van der Waals surface area contributed by atoms with Gasteiger partial charge in [-0.05, 0) is 17.9 Å². The van der Waals surface area contributed by atoms with Crippen molar-refractivity contribution in [2.75, 3.05) is 13.2 Å². The summed E-state index contributed by atoms with van der Waals surface area (Å²) in [6.45, 7) is 0.542. The third-order valence-corrected chi connectivity index (χ3v) is 2.66. The maximum absolute atomic E-state index is 11.8. The lowest BCUT2D eigenvalue weighted by Gasteiger charge is -2.19. The second kappa shape index (κ2) is 6.75. The summed E-state index contributed by atoms with van der Waals surface area (Å²) in [5.74, 6) is -0.152. The molecular formula is C13H17F3O2. The Bertz CT molecular complexity index is 338. The summed E-state index contributed by atoms with van der Waals surface area (Å²) >= 11 is 0. The van der Waals surface area contributed by atoms with Gasteiger partial charge >= 0.3 is 6.18 Å². The van der Waals surface area contributed by atoms with Crippen LogP contribution in [-0.2, 0) is 4.74 Å². The number of halogens is 3. The van der Waals surface area contributed by atoms with Gasteiger partial charge in [-0.15, -0.1) is 0 Å². The predicted molar refractivity (Wildman–Crippen MR) is 62.1 cm³/mol. The van der Waals surface area contributed by atoms with E-state index in [4.69, 9.17) is 0 Å². The molecule has 2 nitrogen and oxygen atoms in total. The molecule has 0 bridgehead atoms. The van der Waals surface area contributed by atoms with E-state index in [0.717, 1.165) is 5.56 Å². The van der Waals surface area contributed by atoms with Gasteiger partial charge in [-0.1, -0.05) is 37.3 Å². The summed E-state index contributed by atoms with van der Waals surface area (Å²) in [7, 11) is 0. The highest BCUT2D eigenvalue weighted by atomic mass is 19.4. The fourth-order valence-corrected chi connectivity index (χ4v) is 1.59. The molecule has 0 aliphatic heterocycles. The van der Waals surface area contributed by atoms with Gasteiger partial charge < -0.3 is 9.84 Å². The number of hydrogen-bond acceptors (Lipinski definition) is 2. The van der Waals surface area contributed by atoms with Gasteiger partial charge in [-0.3, -0.25) is 0 Å². The summed E-state index contributed by atoms with van der Waals surface area (Å²) in [4.78, 5) is 0. The summed E-state index contributed by atoms with van der Waals surface area (Å²) in [6.07, 6.45) is -4.59. The van der Waals surface area contributed by atoms with E-state index in [2.05, 4.69) is 4.74 Å². The minimum absolute atomic E-state index is 0.00935. The molecule has 0 radical (unpaired) electrons. The van der Waals surface area contributed by atoms with Gasteiger partial charge in [0.1, 0.15) is 6.61 Å². The van der Waals surface area contributed by atoms with Crippen LogP contribution in [-0.4, -0.2) is 24.5 Å². The fourth-order valence-electron chi connectivity index (χ4n) is 1.59. The summed E-state index contributed by atoms with van der Waals surface area (Å²) in [5.41, 5.74) is 0.765. The smallest absolute Gasteiger partial charge is 0.388 e. The van der Waals surface area contributed by atoms with Crippen molar-refractivity contribution in [3.8, 4) is 0 Å². The van der Waals surface area contributed by atoms with Crippen molar-refractivity contribution in [3.05, 3.63) is 35.9 Å². The van der Waals surface area contributed by atoms with E-state index in [1.807, 2.05) is 18.2 Å². The van der Waals surface area contributed by atoms with Crippen molar-refractivity contribution >= 4 is 0 Å². The monoisotopic (exact) mass is 262 g/mol. The van der Waals surface area contributed by atoms with Crippen molar-refractivity contribution in [2.45, 2.75) is 25.6 Å². The third kappa shape index (κ3) is 5.51. The Morgan fingerprint density at radius 1 is 1.22 bits per heavy atom. The Hall–Kier alpha value is -1.07. The van der Waals surface area contributed by atoms with E-state index in [9.17, 15) is 18.3 Å². The zero-order valence-corrected chi connectivity index (χ0v) is 10.2. The average molecular weight is 262 g/mol. The molecule has 5 heteroatoms. The predicted octanol–water partition coefficient (Wildman–Crippen LogP) is 3.33. The Morgan fingerprint density at radius 2 is 1.83 bits per heavy atom. The quantitative estimate of drug-likeness (QED) is 0.797. The highest BCUT2D eigenvalue weighted by Gasteiger charge is 2.27. The van der Waals surface area contributed by atoms with Gasteiger partial charge in [0.2, 0.25) is 0 Å². The van der Waals surface area contributed by atoms with E-state index in [1.165, 1.54) is 0 Å². The maximum Gasteiger partial charge on any atom is 0.411 e. The van der Waals surface area contributed by atoms with Gasteiger partial charge in [-0.25, -0.2) is 0 Å². The van der Waals surface area contributed by atoms with Crippen molar-refractivity contribution in [1.82, 2.24) is 0 Å². The van der Waals surface area contributed by atoms with Crippen LogP contribution in [0.3, 0.4) is 0 Å². The first-order valence-corrected chi connectivity index (χ1v) is 5.77. The number of benzene rings is 1. The van der Waals surface area contributed by atoms with Crippen LogP contribution in [0.25, 0.3) is 0 Å². The van der Waals surface area contributed by atoms with Crippen molar-refractivity contribution in [3.63, 3.8) is 0 Å². The highest BCUT2D eigenvalue weighted by Crippen LogP contribution is 2.24. The normalized spacial score (nSPS) is 15.4. The van der Waals surface area contributed by atoms with Crippen molar-refractivity contribution in [1.29, 1.82) is 0 Å². The molecule has 0 aliphatic rings. The lowest BCUT2D eigenvalue weighted by Crippen LogP contribution is -2.19. The van der Waals surface area contributed by atoms with Gasteiger partial charge in [0, 0.05) is 6.61 Å². The van der Waals surface area contributed by atoms with E-state index in [-0.39, 0.29) is 12.5 Å². The van der Waals surface area contributed by atoms with Crippen LogP contribution in [0.4, 0.5) is 13.2 Å². The Morgan fingerprint density at radius 3 is 2.39 bits per heavy atom. The number of hydrogen-bond donors (Lipinski definition) is 1. The molecule has 0 heterocycles. The summed E-state index contributed by atoms with van der Waals surface area (Å²) in [6, 6.07) is 9.04. The van der Waals surface area contributed by atoms with E-state index < -0.39 is 18.9 Å². The van der Waals surface area contributed by atoms with Crippen molar-refractivity contribution < 1.29 is 23.0 Å². The largest absolute Gasteiger partial charge is 0.411 e. The molecule has 1 aromatic carbocycles. The van der Waals surface area contributed by atoms with E-state index in [0.29, 0.717) is 6.42 Å². The number of aliphatic hydroxyl groups is 1. The molecule has 0 fully saturated rings. The molecule has 0 aliphatic carbocycles. The Kier molecular flexibility index (Phi) is 5.62.